The summed E-state index contributed by atoms with van der Waals surface area (Å²) in [5.74, 6) is -0.431. The third-order valence-corrected chi connectivity index (χ3v) is 9.95. The molecule has 0 aliphatic rings. The van der Waals surface area contributed by atoms with Crippen LogP contribution < -0.4 is 10.0 Å². The molecule has 0 aliphatic carbocycles. The maximum absolute atomic E-state index is 11.5. The van der Waals surface area contributed by atoms with Gasteiger partial charge in [-0.2, -0.15) is 0 Å². The van der Waals surface area contributed by atoms with Gasteiger partial charge in [-0.3, -0.25) is 14.3 Å². The summed E-state index contributed by atoms with van der Waals surface area (Å²) in [7, 11) is -0.833. The van der Waals surface area contributed by atoms with Crippen LogP contribution in [0.15, 0.2) is 17.4 Å². The maximum Gasteiger partial charge on any atom is 0.243 e. The van der Waals surface area contributed by atoms with Gasteiger partial charge in [0.05, 0.1) is 17.8 Å². The van der Waals surface area contributed by atoms with Gasteiger partial charge in [-0.05, 0) is 28.5 Å². The van der Waals surface area contributed by atoms with E-state index in [2.05, 4.69) is 25.7 Å². The highest BCUT2D eigenvalue weighted by molar-refractivity contribution is 8.77. The van der Waals surface area contributed by atoms with Crippen molar-refractivity contribution < 1.29 is 18.0 Å². The quantitative estimate of drug-likeness (QED) is 0.329. The Morgan fingerprint density at radius 2 is 1.36 bits per heavy atom. The molecule has 0 bridgehead atoms. The van der Waals surface area contributed by atoms with Crippen LogP contribution in [0.1, 0.15) is 6.92 Å². The van der Waals surface area contributed by atoms with E-state index in [1.54, 1.807) is 0 Å². The van der Waals surface area contributed by atoms with Gasteiger partial charge < -0.3 is 5.32 Å². The number of nitrogens with zero attached hydrogens (tertiary/aromatic N) is 4. The van der Waals surface area contributed by atoms with Crippen molar-refractivity contribution in [1.29, 1.82) is 0 Å². The lowest BCUT2D eigenvalue weighted by molar-refractivity contribution is -0.118. The molecule has 0 spiro atoms. The molecule has 0 saturated carbocycles. The van der Waals surface area contributed by atoms with E-state index in [0.717, 1.165) is 22.4 Å². The molecule has 0 unspecified atom stereocenters. The van der Waals surface area contributed by atoms with Gasteiger partial charge in [-0.1, -0.05) is 46.2 Å². The molecule has 2 N–H and O–H groups in total. The molecule has 2 aromatic rings. The number of hydrogen-bond donors (Lipinski definition) is 2. The van der Waals surface area contributed by atoms with Gasteiger partial charge in [-0.15, -0.1) is 20.4 Å². The second kappa shape index (κ2) is 11.6. The monoisotopic (exact) mass is 518 g/mol. The van der Waals surface area contributed by atoms with Crippen LogP contribution in [0.3, 0.4) is 0 Å². The first-order valence-electron chi connectivity index (χ1n) is 7.29. The second-order valence-electron chi connectivity index (χ2n) is 4.66. The molecule has 17 heteroatoms. The van der Waals surface area contributed by atoms with Gasteiger partial charge in [-0.25, -0.2) is 8.42 Å². The van der Waals surface area contributed by atoms with E-state index in [1.165, 1.54) is 56.0 Å². The average Bonchev–Trinajstić information content (AvgIpc) is 3.24. The predicted molar refractivity (Wildman–Crippen MR) is 115 cm³/mol. The Morgan fingerprint density at radius 3 is 1.82 bits per heavy atom. The summed E-state index contributed by atoms with van der Waals surface area (Å²) < 4.78 is 26.5. The first-order valence-corrected chi connectivity index (χ1v) is 14.9. The zero-order chi connectivity index (χ0) is 20.6. The number of sulfonamides is 1. The van der Waals surface area contributed by atoms with Gasteiger partial charge >= 0.3 is 0 Å². The Balaban J connectivity index is 1.75. The molecular weight excluding hydrogens is 505 g/mol. The van der Waals surface area contributed by atoms with Crippen molar-refractivity contribution in [1.82, 2.24) is 30.4 Å². The Morgan fingerprint density at radius 1 is 0.893 bits per heavy atom. The Labute approximate surface area is 185 Å². The third-order valence-electron chi connectivity index (χ3n) is 2.29. The standard InChI is InChI=1S/C11H14N6O4S7/c1-3-12-6(18)4-22-8-13-15-10(24-8)26-27-11-16-14-9(25-11)23-5-7(19)17-28(2,20)21/h3-5H2,1-2H3,(H,12,18)(H,17,19). The van der Waals surface area contributed by atoms with E-state index >= 15 is 0 Å². The van der Waals surface area contributed by atoms with E-state index in [0.29, 0.717) is 25.3 Å². The molecule has 0 saturated heterocycles. The smallest absolute Gasteiger partial charge is 0.243 e. The van der Waals surface area contributed by atoms with Crippen molar-refractivity contribution in [3.8, 4) is 0 Å². The average molecular weight is 519 g/mol. The van der Waals surface area contributed by atoms with Crippen LogP contribution in [0.4, 0.5) is 0 Å². The Kier molecular flexibility index (Phi) is 9.78. The van der Waals surface area contributed by atoms with Gasteiger partial charge in [0.15, 0.2) is 17.4 Å². The molecule has 2 amide bonds. The minimum absolute atomic E-state index is 0.0459. The van der Waals surface area contributed by atoms with Crippen LogP contribution in [-0.4, -0.2) is 64.9 Å². The fourth-order valence-electron chi connectivity index (χ4n) is 1.39. The first kappa shape index (κ1) is 23.7. The van der Waals surface area contributed by atoms with E-state index in [4.69, 9.17) is 0 Å². The third kappa shape index (κ3) is 9.27. The summed E-state index contributed by atoms with van der Waals surface area (Å²) in [6.45, 7) is 2.46. The number of thioether (sulfide) groups is 2. The predicted octanol–water partition coefficient (Wildman–Crippen LogP) is 1.59. The van der Waals surface area contributed by atoms with Gasteiger partial charge in [0, 0.05) is 6.54 Å². The molecule has 0 aliphatic heterocycles. The molecule has 2 aromatic heterocycles. The molecule has 2 rings (SSSR count). The zero-order valence-electron chi connectivity index (χ0n) is 14.4. The molecule has 0 atom stereocenters. The number of rotatable bonds is 11. The van der Waals surface area contributed by atoms with Crippen molar-refractivity contribution >= 4 is 89.6 Å². The lowest BCUT2D eigenvalue weighted by atomic mass is 10.6. The summed E-state index contributed by atoms with van der Waals surface area (Å²) in [4.78, 5) is 22.9. The van der Waals surface area contributed by atoms with Gasteiger partial charge in [0.25, 0.3) is 0 Å². The normalized spacial score (nSPS) is 11.4. The molecule has 154 valence electrons. The van der Waals surface area contributed by atoms with Gasteiger partial charge in [0.2, 0.25) is 21.8 Å². The van der Waals surface area contributed by atoms with Crippen LogP contribution >= 0.6 is 67.8 Å². The molecule has 0 radical (unpaired) electrons. The number of carbonyl (C=O) groups is 2. The molecule has 2 heterocycles. The van der Waals surface area contributed by atoms with Crippen LogP contribution in [0.2, 0.25) is 0 Å². The van der Waals surface area contributed by atoms with Crippen LogP contribution in [-0.2, 0) is 19.6 Å². The number of amides is 2. The van der Waals surface area contributed by atoms with Crippen molar-refractivity contribution in [3.05, 3.63) is 0 Å². The second-order valence-corrected chi connectivity index (χ2v) is 13.4. The minimum Gasteiger partial charge on any atom is -0.356 e. The summed E-state index contributed by atoms with van der Waals surface area (Å²) in [6.07, 6.45) is 0.920. The van der Waals surface area contributed by atoms with Crippen molar-refractivity contribution in [3.63, 3.8) is 0 Å². The topological polar surface area (TPSA) is 144 Å². The Bertz CT molecular complexity index is 914. The lowest BCUT2D eigenvalue weighted by Gasteiger charge is -1.99. The van der Waals surface area contributed by atoms with E-state index in [-0.39, 0.29) is 11.7 Å². The lowest BCUT2D eigenvalue weighted by Crippen LogP contribution is -2.30. The highest BCUT2D eigenvalue weighted by Crippen LogP contribution is 2.42. The first-order chi connectivity index (χ1) is 13.2. The van der Waals surface area contributed by atoms with Crippen molar-refractivity contribution in [2.75, 3.05) is 24.3 Å². The van der Waals surface area contributed by atoms with E-state index < -0.39 is 15.9 Å². The molecule has 0 aromatic carbocycles. The fourth-order valence-corrected chi connectivity index (χ4v) is 7.98. The fraction of sp³-hybridized carbons (Fsp3) is 0.455. The molecular formula is C11H14N6O4S7. The number of hydrogen-bond acceptors (Lipinski definition) is 14. The zero-order valence-corrected chi connectivity index (χ0v) is 20.1. The summed E-state index contributed by atoms with van der Waals surface area (Å²) in [6, 6.07) is 0. The highest BCUT2D eigenvalue weighted by atomic mass is 33.1. The highest BCUT2D eigenvalue weighted by Gasteiger charge is 2.13. The van der Waals surface area contributed by atoms with Crippen LogP contribution in [0.25, 0.3) is 0 Å². The summed E-state index contributed by atoms with van der Waals surface area (Å²) >= 11 is 5.11. The Hall–Kier alpha value is -0.590. The molecule has 0 fully saturated rings. The van der Waals surface area contributed by atoms with Gasteiger partial charge in [0.1, 0.15) is 0 Å². The maximum atomic E-state index is 11.5. The van der Waals surface area contributed by atoms with Crippen LogP contribution in [0, 0.1) is 0 Å². The van der Waals surface area contributed by atoms with Crippen molar-refractivity contribution in [2.45, 2.75) is 24.3 Å². The van der Waals surface area contributed by atoms with Crippen LogP contribution in [0.5, 0.6) is 0 Å². The minimum atomic E-state index is -3.56. The van der Waals surface area contributed by atoms with E-state index in [9.17, 15) is 18.0 Å². The number of nitrogens with one attached hydrogen (secondary N) is 2. The van der Waals surface area contributed by atoms with E-state index in [1.807, 2.05) is 11.6 Å². The summed E-state index contributed by atoms with van der Waals surface area (Å²) in [5, 5.41) is 18.8. The number of aromatic nitrogens is 4. The van der Waals surface area contributed by atoms with Crippen molar-refractivity contribution in [2.24, 2.45) is 0 Å². The largest absolute Gasteiger partial charge is 0.356 e. The summed E-state index contributed by atoms with van der Waals surface area (Å²) in [5.41, 5.74) is 0. The molecule has 28 heavy (non-hydrogen) atoms. The molecule has 10 nitrogen and oxygen atoms in total. The SMILES string of the molecule is CCNC(=O)CSc1nnc(SSc2nnc(SCC(=O)NS(C)(=O)=O)s2)s1. The number of carbonyl (C=O) groups excluding carboxylic acids is 2.